The highest BCUT2D eigenvalue weighted by Gasteiger charge is 2.47. The molecular formula is C29H29NO6S. The fourth-order valence-electron chi connectivity index (χ4n) is 4.17. The second-order valence-corrected chi connectivity index (χ2v) is 9.92. The molecular weight excluding hydrogens is 490 g/mol. The number of ketones is 1. The number of Topliss-reactive ketones (excluding diaryl/α,β-unsaturated/α-hetero) is 1. The van der Waals surface area contributed by atoms with Crippen LogP contribution in [-0.2, 0) is 25.5 Å². The molecule has 37 heavy (non-hydrogen) atoms. The van der Waals surface area contributed by atoms with Crippen LogP contribution in [0.25, 0.3) is 5.76 Å². The number of anilines is 1. The molecule has 2 aromatic carbocycles. The molecule has 0 spiro atoms. The van der Waals surface area contributed by atoms with E-state index < -0.39 is 17.7 Å². The number of carbonyl (C=O) groups excluding carboxylic acids is 3. The van der Waals surface area contributed by atoms with Crippen molar-refractivity contribution in [2.45, 2.75) is 45.8 Å². The average Bonchev–Trinajstić information content (AvgIpc) is 3.49. The third kappa shape index (κ3) is 5.75. The molecule has 192 valence electrons. The molecule has 3 aromatic rings. The summed E-state index contributed by atoms with van der Waals surface area (Å²) in [7, 11) is 0. The van der Waals surface area contributed by atoms with Crippen LogP contribution in [-0.4, -0.2) is 35.5 Å². The molecule has 1 atom stereocenters. The van der Waals surface area contributed by atoms with E-state index in [2.05, 4.69) is 0 Å². The van der Waals surface area contributed by atoms with E-state index in [1.807, 2.05) is 24.4 Å². The molecule has 1 saturated heterocycles. The minimum absolute atomic E-state index is 0.0182. The second-order valence-electron chi connectivity index (χ2n) is 8.94. The Hall–Kier alpha value is -3.91. The maximum Gasteiger partial charge on any atom is 0.310 e. The van der Waals surface area contributed by atoms with Gasteiger partial charge in [-0.25, -0.2) is 0 Å². The van der Waals surface area contributed by atoms with Gasteiger partial charge in [0.1, 0.15) is 17.6 Å². The smallest absolute Gasteiger partial charge is 0.310 e. The first-order valence-corrected chi connectivity index (χ1v) is 13.0. The number of nitrogens with zero attached hydrogens (tertiary/aromatic N) is 1. The first-order chi connectivity index (χ1) is 17.8. The summed E-state index contributed by atoms with van der Waals surface area (Å²) >= 11 is 1.39. The zero-order valence-corrected chi connectivity index (χ0v) is 21.8. The van der Waals surface area contributed by atoms with Gasteiger partial charge >= 0.3 is 5.97 Å². The minimum atomic E-state index is -0.794. The molecule has 0 radical (unpaired) electrons. The number of esters is 1. The van der Waals surface area contributed by atoms with E-state index in [0.29, 0.717) is 23.6 Å². The van der Waals surface area contributed by atoms with Crippen molar-refractivity contribution in [3.63, 3.8) is 0 Å². The van der Waals surface area contributed by atoms with Crippen LogP contribution in [0.2, 0.25) is 0 Å². The number of rotatable bonds is 9. The van der Waals surface area contributed by atoms with Gasteiger partial charge in [0, 0.05) is 16.1 Å². The van der Waals surface area contributed by atoms with Crippen LogP contribution >= 0.6 is 11.3 Å². The highest BCUT2D eigenvalue weighted by atomic mass is 32.1. The number of aliphatic hydroxyl groups excluding tert-OH is 1. The SMILES string of the molecule is CCCOc1cccc(/C(O)=C2/C(=O)C(=O)N(c3ccc(CC(=O)OC(C)C)cc3)C2c2cccs2)c1. The van der Waals surface area contributed by atoms with Crippen molar-refractivity contribution in [3.05, 3.63) is 87.6 Å². The average molecular weight is 520 g/mol. The summed E-state index contributed by atoms with van der Waals surface area (Å²) in [6, 6.07) is 16.6. The Morgan fingerprint density at radius 1 is 1.08 bits per heavy atom. The van der Waals surface area contributed by atoms with Crippen LogP contribution in [0.5, 0.6) is 5.75 Å². The van der Waals surface area contributed by atoms with Gasteiger partial charge in [0.2, 0.25) is 0 Å². The number of hydrogen-bond acceptors (Lipinski definition) is 7. The van der Waals surface area contributed by atoms with E-state index in [0.717, 1.165) is 16.9 Å². The van der Waals surface area contributed by atoms with Crippen molar-refractivity contribution in [3.8, 4) is 5.75 Å². The summed E-state index contributed by atoms with van der Waals surface area (Å²) in [6.07, 6.45) is 0.725. The Morgan fingerprint density at radius 2 is 1.84 bits per heavy atom. The lowest BCUT2D eigenvalue weighted by Crippen LogP contribution is -2.29. The first kappa shape index (κ1) is 26.2. The molecule has 0 bridgehead atoms. The molecule has 1 N–H and O–H groups in total. The molecule has 1 aliphatic rings. The molecule has 8 heteroatoms. The topological polar surface area (TPSA) is 93.1 Å². The predicted molar refractivity (Wildman–Crippen MR) is 143 cm³/mol. The van der Waals surface area contributed by atoms with Crippen LogP contribution < -0.4 is 9.64 Å². The second kappa shape index (κ2) is 11.4. The summed E-state index contributed by atoms with van der Waals surface area (Å²) < 4.78 is 10.9. The van der Waals surface area contributed by atoms with Gasteiger partial charge in [-0.3, -0.25) is 19.3 Å². The highest BCUT2D eigenvalue weighted by molar-refractivity contribution is 7.10. The third-order valence-corrected chi connectivity index (χ3v) is 6.69. The molecule has 0 aliphatic carbocycles. The number of aliphatic hydroxyl groups is 1. The van der Waals surface area contributed by atoms with Gasteiger partial charge in [-0.1, -0.05) is 37.3 Å². The number of ether oxygens (including phenoxy) is 2. The molecule has 1 amide bonds. The molecule has 1 unspecified atom stereocenters. The standard InChI is InChI=1S/C29H29NO6S/c1-4-14-35-22-8-5-7-20(17-22)27(32)25-26(23-9-6-15-37-23)30(29(34)28(25)33)21-12-10-19(11-13-21)16-24(31)36-18(2)3/h5-13,15,17-18,26,32H,4,14,16H2,1-3H3/b27-25-. The van der Waals surface area contributed by atoms with Crippen molar-refractivity contribution in [2.24, 2.45) is 0 Å². The zero-order chi connectivity index (χ0) is 26.5. The number of carbonyl (C=O) groups is 3. The van der Waals surface area contributed by atoms with Gasteiger partial charge in [-0.05, 0) is 61.5 Å². The maximum atomic E-state index is 13.3. The lowest BCUT2D eigenvalue weighted by molar-refractivity contribution is -0.146. The maximum absolute atomic E-state index is 13.3. The lowest BCUT2D eigenvalue weighted by atomic mass is 9.99. The van der Waals surface area contributed by atoms with Crippen molar-refractivity contribution in [1.82, 2.24) is 0 Å². The molecule has 2 heterocycles. The minimum Gasteiger partial charge on any atom is -0.507 e. The third-order valence-electron chi connectivity index (χ3n) is 5.77. The van der Waals surface area contributed by atoms with Crippen LogP contribution in [0.3, 0.4) is 0 Å². The normalized spacial score (nSPS) is 16.9. The van der Waals surface area contributed by atoms with Gasteiger partial charge < -0.3 is 14.6 Å². The molecule has 4 rings (SSSR count). The summed E-state index contributed by atoms with van der Waals surface area (Å²) in [6.45, 7) is 6.10. The quantitative estimate of drug-likeness (QED) is 0.170. The Balaban J connectivity index is 1.72. The Morgan fingerprint density at radius 3 is 2.49 bits per heavy atom. The lowest BCUT2D eigenvalue weighted by Gasteiger charge is -2.24. The largest absolute Gasteiger partial charge is 0.507 e. The fourth-order valence-corrected chi connectivity index (χ4v) is 4.99. The van der Waals surface area contributed by atoms with Crippen molar-refractivity contribution >= 4 is 40.4 Å². The van der Waals surface area contributed by atoms with Crippen molar-refractivity contribution < 1.29 is 29.0 Å². The van der Waals surface area contributed by atoms with Crippen LogP contribution in [0.1, 0.15) is 49.2 Å². The van der Waals surface area contributed by atoms with E-state index in [4.69, 9.17) is 9.47 Å². The van der Waals surface area contributed by atoms with Crippen molar-refractivity contribution in [2.75, 3.05) is 11.5 Å². The summed E-state index contributed by atoms with van der Waals surface area (Å²) in [5.41, 5.74) is 1.62. The van der Waals surface area contributed by atoms with Crippen LogP contribution in [0, 0.1) is 0 Å². The number of hydrogen-bond donors (Lipinski definition) is 1. The van der Waals surface area contributed by atoms with Gasteiger partial charge in [0.05, 0.1) is 24.7 Å². The Kier molecular flexibility index (Phi) is 8.08. The zero-order valence-electron chi connectivity index (χ0n) is 21.0. The van der Waals surface area contributed by atoms with Gasteiger partial charge in [-0.15, -0.1) is 11.3 Å². The van der Waals surface area contributed by atoms with E-state index in [1.165, 1.54) is 16.2 Å². The number of thiophene rings is 1. The molecule has 0 saturated carbocycles. The van der Waals surface area contributed by atoms with Crippen LogP contribution in [0.4, 0.5) is 5.69 Å². The summed E-state index contributed by atoms with van der Waals surface area (Å²) in [4.78, 5) is 40.7. The van der Waals surface area contributed by atoms with Crippen LogP contribution in [0.15, 0.2) is 71.6 Å². The first-order valence-electron chi connectivity index (χ1n) is 12.2. The summed E-state index contributed by atoms with van der Waals surface area (Å²) in [5.74, 6) is -1.52. The molecule has 1 aliphatic heterocycles. The van der Waals surface area contributed by atoms with Crippen molar-refractivity contribution in [1.29, 1.82) is 0 Å². The van der Waals surface area contributed by atoms with E-state index in [1.54, 1.807) is 62.4 Å². The van der Waals surface area contributed by atoms with E-state index in [9.17, 15) is 19.5 Å². The monoisotopic (exact) mass is 519 g/mol. The fraction of sp³-hybridized carbons (Fsp3) is 0.276. The predicted octanol–water partition coefficient (Wildman–Crippen LogP) is 5.66. The number of benzene rings is 2. The number of amides is 1. The van der Waals surface area contributed by atoms with E-state index >= 15 is 0 Å². The van der Waals surface area contributed by atoms with Gasteiger partial charge in [0.15, 0.2) is 0 Å². The summed E-state index contributed by atoms with van der Waals surface area (Å²) in [5, 5.41) is 13.1. The Labute approximate surface area is 220 Å². The molecule has 1 aromatic heterocycles. The highest BCUT2D eigenvalue weighted by Crippen LogP contribution is 2.43. The Bertz CT molecular complexity index is 1310. The van der Waals surface area contributed by atoms with Gasteiger partial charge in [0.25, 0.3) is 11.7 Å². The van der Waals surface area contributed by atoms with Gasteiger partial charge in [-0.2, -0.15) is 0 Å². The molecule has 7 nitrogen and oxygen atoms in total. The van der Waals surface area contributed by atoms with E-state index in [-0.39, 0.29) is 29.8 Å². The molecule has 1 fully saturated rings.